The van der Waals surface area contributed by atoms with Crippen molar-refractivity contribution < 1.29 is 9.53 Å². The van der Waals surface area contributed by atoms with Crippen molar-refractivity contribution in [3.63, 3.8) is 0 Å². The first-order valence-corrected chi connectivity index (χ1v) is 5.10. The van der Waals surface area contributed by atoms with Crippen LogP contribution in [0.4, 0.5) is 0 Å². The number of hydrogen-bond acceptors (Lipinski definition) is 3. The predicted molar refractivity (Wildman–Crippen MR) is 53.6 cm³/mol. The number of nitrogens with two attached hydrogens (primary N) is 1. The van der Waals surface area contributed by atoms with Gasteiger partial charge in [0.25, 0.3) is 0 Å². The van der Waals surface area contributed by atoms with Crippen molar-refractivity contribution in [3.05, 3.63) is 0 Å². The maximum atomic E-state index is 11.1. The quantitative estimate of drug-likeness (QED) is 0.556. The lowest BCUT2D eigenvalue weighted by Crippen LogP contribution is -2.09. The van der Waals surface area contributed by atoms with E-state index in [1.165, 1.54) is 0 Å². The zero-order chi connectivity index (χ0) is 9.94. The first-order valence-electron chi connectivity index (χ1n) is 5.10. The largest absolute Gasteiger partial charge is 0.374 e. The second-order valence-corrected chi connectivity index (χ2v) is 3.19. The number of Topliss-reactive ketones (excluding diaryl/α,β-unsaturated/α-hetero) is 1. The number of ketones is 1. The normalized spacial score (nSPS) is 10.3. The first kappa shape index (κ1) is 12.6. The van der Waals surface area contributed by atoms with E-state index in [9.17, 15) is 4.79 Å². The Hall–Kier alpha value is -0.410. The average molecular weight is 187 g/mol. The van der Waals surface area contributed by atoms with E-state index >= 15 is 0 Å². The van der Waals surface area contributed by atoms with Crippen LogP contribution in [0.1, 0.15) is 39.0 Å². The van der Waals surface area contributed by atoms with Gasteiger partial charge in [-0.1, -0.05) is 13.3 Å². The lowest BCUT2D eigenvalue weighted by Gasteiger charge is -2.01. The van der Waals surface area contributed by atoms with Gasteiger partial charge in [0.05, 0.1) is 0 Å². The highest BCUT2D eigenvalue weighted by Crippen LogP contribution is 1.99. The van der Waals surface area contributed by atoms with Gasteiger partial charge < -0.3 is 10.5 Å². The van der Waals surface area contributed by atoms with Gasteiger partial charge >= 0.3 is 0 Å². The molecular weight excluding hydrogens is 166 g/mol. The molecule has 0 saturated heterocycles. The van der Waals surface area contributed by atoms with Crippen molar-refractivity contribution >= 4 is 5.78 Å². The van der Waals surface area contributed by atoms with Gasteiger partial charge in [0.1, 0.15) is 6.61 Å². The SMILES string of the molecule is CCCOCC(=O)CCCCCN. The minimum atomic E-state index is 0.213. The van der Waals surface area contributed by atoms with Gasteiger partial charge in [-0.05, 0) is 25.8 Å². The molecule has 0 heterocycles. The van der Waals surface area contributed by atoms with E-state index in [1.807, 2.05) is 6.92 Å². The maximum absolute atomic E-state index is 11.1. The van der Waals surface area contributed by atoms with Gasteiger partial charge in [-0.25, -0.2) is 0 Å². The molecule has 0 saturated carbocycles. The molecule has 0 spiro atoms. The Morgan fingerprint density at radius 2 is 2.08 bits per heavy atom. The summed E-state index contributed by atoms with van der Waals surface area (Å²) in [5.74, 6) is 0.213. The lowest BCUT2D eigenvalue weighted by molar-refractivity contribution is -0.123. The van der Waals surface area contributed by atoms with E-state index in [-0.39, 0.29) is 12.4 Å². The molecule has 0 aromatic carbocycles. The van der Waals surface area contributed by atoms with E-state index < -0.39 is 0 Å². The van der Waals surface area contributed by atoms with Crippen molar-refractivity contribution in [2.24, 2.45) is 5.73 Å². The fourth-order valence-electron chi connectivity index (χ4n) is 1.05. The van der Waals surface area contributed by atoms with Gasteiger partial charge in [-0.3, -0.25) is 4.79 Å². The molecule has 3 nitrogen and oxygen atoms in total. The number of hydrogen-bond donors (Lipinski definition) is 1. The Morgan fingerprint density at radius 3 is 2.69 bits per heavy atom. The molecule has 0 amide bonds. The van der Waals surface area contributed by atoms with E-state index in [2.05, 4.69) is 0 Å². The van der Waals surface area contributed by atoms with Crippen LogP contribution < -0.4 is 5.73 Å². The van der Waals surface area contributed by atoms with Crippen LogP contribution in [0.2, 0.25) is 0 Å². The molecule has 13 heavy (non-hydrogen) atoms. The van der Waals surface area contributed by atoms with Crippen LogP contribution in [0.15, 0.2) is 0 Å². The Labute approximate surface area is 80.6 Å². The molecular formula is C10H21NO2. The van der Waals surface area contributed by atoms with Gasteiger partial charge in [0.2, 0.25) is 0 Å². The van der Waals surface area contributed by atoms with Crippen molar-refractivity contribution in [2.75, 3.05) is 19.8 Å². The molecule has 2 N–H and O–H groups in total. The van der Waals surface area contributed by atoms with Gasteiger partial charge in [0.15, 0.2) is 5.78 Å². The lowest BCUT2D eigenvalue weighted by atomic mass is 10.1. The summed E-state index contributed by atoms with van der Waals surface area (Å²) in [5, 5.41) is 0. The second kappa shape index (κ2) is 9.68. The van der Waals surface area contributed by atoms with E-state index in [4.69, 9.17) is 10.5 Å². The van der Waals surface area contributed by atoms with E-state index in [1.54, 1.807) is 0 Å². The van der Waals surface area contributed by atoms with Gasteiger partial charge in [0, 0.05) is 13.0 Å². The zero-order valence-corrected chi connectivity index (χ0v) is 8.55. The highest BCUT2D eigenvalue weighted by molar-refractivity contribution is 5.79. The molecule has 0 rings (SSSR count). The van der Waals surface area contributed by atoms with E-state index in [0.29, 0.717) is 13.0 Å². The molecule has 0 aliphatic rings. The van der Waals surface area contributed by atoms with Crippen LogP contribution in [-0.2, 0) is 9.53 Å². The highest BCUT2D eigenvalue weighted by atomic mass is 16.5. The molecule has 0 unspecified atom stereocenters. The van der Waals surface area contributed by atoms with Crippen molar-refractivity contribution in [1.82, 2.24) is 0 Å². The summed E-state index contributed by atoms with van der Waals surface area (Å²) in [6.07, 6.45) is 4.63. The average Bonchev–Trinajstić information content (AvgIpc) is 2.13. The van der Waals surface area contributed by atoms with Crippen molar-refractivity contribution in [2.45, 2.75) is 39.0 Å². The fourth-order valence-corrected chi connectivity index (χ4v) is 1.05. The molecule has 0 aromatic heterocycles. The predicted octanol–water partition coefficient (Wildman–Crippen LogP) is 1.50. The number of carbonyl (C=O) groups excluding carboxylic acids is 1. The van der Waals surface area contributed by atoms with Crippen LogP contribution in [0.25, 0.3) is 0 Å². The van der Waals surface area contributed by atoms with Crippen LogP contribution in [0.3, 0.4) is 0 Å². The minimum absolute atomic E-state index is 0.213. The van der Waals surface area contributed by atoms with Crippen LogP contribution in [0.5, 0.6) is 0 Å². The number of ether oxygens (including phenoxy) is 1. The summed E-state index contributed by atoms with van der Waals surface area (Å²) in [7, 11) is 0. The second-order valence-electron chi connectivity index (χ2n) is 3.19. The molecule has 0 aliphatic heterocycles. The summed E-state index contributed by atoms with van der Waals surface area (Å²) < 4.78 is 5.13. The summed E-state index contributed by atoms with van der Waals surface area (Å²) in [6.45, 7) is 3.73. The highest BCUT2D eigenvalue weighted by Gasteiger charge is 2.00. The maximum Gasteiger partial charge on any atom is 0.158 e. The molecule has 0 atom stereocenters. The Kier molecular flexibility index (Phi) is 9.37. The monoisotopic (exact) mass is 187 g/mol. The first-order chi connectivity index (χ1) is 6.31. The smallest absolute Gasteiger partial charge is 0.158 e. The molecule has 0 fully saturated rings. The Balaban J connectivity index is 3.11. The van der Waals surface area contributed by atoms with Crippen molar-refractivity contribution in [3.8, 4) is 0 Å². The van der Waals surface area contributed by atoms with Crippen LogP contribution in [0, 0.1) is 0 Å². The fraction of sp³-hybridized carbons (Fsp3) is 0.900. The summed E-state index contributed by atoms with van der Waals surface area (Å²) in [6, 6.07) is 0. The van der Waals surface area contributed by atoms with Crippen LogP contribution >= 0.6 is 0 Å². The number of rotatable bonds is 9. The molecule has 0 bridgehead atoms. The summed E-state index contributed by atoms with van der Waals surface area (Å²) in [5.41, 5.74) is 5.33. The number of carbonyl (C=O) groups is 1. The topological polar surface area (TPSA) is 52.3 Å². The molecule has 3 heteroatoms. The molecule has 0 aliphatic carbocycles. The molecule has 78 valence electrons. The Bertz CT molecular complexity index is 126. The summed E-state index contributed by atoms with van der Waals surface area (Å²) in [4.78, 5) is 11.1. The van der Waals surface area contributed by atoms with Crippen molar-refractivity contribution in [1.29, 1.82) is 0 Å². The molecule has 0 radical (unpaired) electrons. The third-order valence-corrected chi connectivity index (χ3v) is 1.77. The third-order valence-electron chi connectivity index (χ3n) is 1.77. The van der Waals surface area contributed by atoms with E-state index in [0.717, 1.165) is 32.2 Å². The minimum Gasteiger partial charge on any atom is -0.374 e. The van der Waals surface area contributed by atoms with Crippen LogP contribution in [-0.4, -0.2) is 25.5 Å². The standard InChI is InChI=1S/C10H21NO2/c1-2-8-13-9-10(12)6-4-3-5-7-11/h2-9,11H2,1H3. The number of unbranched alkanes of at least 4 members (excludes halogenated alkanes) is 2. The Morgan fingerprint density at radius 1 is 1.31 bits per heavy atom. The summed E-state index contributed by atoms with van der Waals surface area (Å²) >= 11 is 0. The van der Waals surface area contributed by atoms with Gasteiger partial charge in [-0.15, -0.1) is 0 Å². The van der Waals surface area contributed by atoms with Gasteiger partial charge in [-0.2, -0.15) is 0 Å². The zero-order valence-electron chi connectivity index (χ0n) is 8.55. The third kappa shape index (κ3) is 9.50. The molecule has 0 aromatic rings.